The lowest BCUT2D eigenvalue weighted by Crippen LogP contribution is -2.25. The highest BCUT2D eigenvalue weighted by Gasteiger charge is 2.09. The number of imidazole rings is 1. The molecule has 2 aromatic rings. The van der Waals surface area contributed by atoms with Gasteiger partial charge in [0.25, 0.3) is 5.91 Å². The molecule has 1 aromatic carbocycles. The number of unbranched alkanes of at least 4 members (excludes halogenated alkanes) is 1. The number of carbonyl (C=O) groups is 1. The predicted molar refractivity (Wildman–Crippen MR) is 74.6 cm³/mol. The van der Waals surface area contributed by atoms with Gasteiger partial charge in [0.05, 0.1) is 11.9 Å². The quantitative estimate of drug-likeness (QED) is 0.624. The maximum absolute atomic E-state index is 12.9. The van der Waals surface area contributed by atoms with Crippen LogP contribution < -0.4 is 11.1 Å². The number of carbonyl (C=O) groups excluding carboxylic acids is 1. The Labute approximate surface area is 116 Å². The van der Waals surface area contributed by atoms with Crippen LogP contribution in [0.25, 0.3) is 0 Å². The van der Waals surface area contributed by atoms with Crippen molar-refractivity contribution in [2.45, 2.75) is 19.4 Å². The van der Waals surface area contributed by atoms with Crippen LogP contribution in [-0.4, -0.2) is 22.0 Å². The van der Waals surface area contributed by atoms with Gasteiger partial charge < -0.3 is 15.6 Å². The first-order valence-corrected chi connectivity index (χ1v) is 6.46. The smallest absolute Gasteiger partial charge is 0.253 e. The minimum atomic E-state index is -0.445. The van der Waals surface area contributed by atoms with E-state index in [1.54, 1.807) is 12.5 Å². The number of nitrogens with two attached hydrogens (primary N) is 1. The second-order valence-electron chi connectivity index (χ2n) is 4.50. The third kappa shape index (κ3) is 3.81. The average molecular weight is 276 g/mol. The van der Waals surface area contributed by atoms with Gasteiger partial charge >= 0.3 is 0 Å². The van der Waals surface area contributed by atoms with Gasteiger partial charge in [0.15, 0.2) is 0 Å². The zero-order chi connectivity index (χ0) is 14.4. The van der Waals surface area contributed by atoms with Crippen molar-refractivity contribution in [3.63, 3.8) is 0 Å². The number of nitrogen functional groups attached to an aromatic ring is 1. The zero-order valence-electron chi connectivity index (χ0n) is 11.1. The summed E-state index contributed by atoms with van der Waals surface area (Å²) in [6.45, 7) is 1.43. The fourth-order valence-electron chi connectivity index (χ4n) is 1.88. The monoisotopic (exact) mass is 276 g/mol. The highest BCUT2D eigenvalue weighted by Crippen LogP contribution is 2.13. The Morgan fingerprint density at radius 1 is 1.40 bits per heavy atom. The van der Waals surface area contributed by atoms with E-state index >= 15 is 0 Å². The van der Waals surface area contributed by atoms with E-state index in [4.69, 9.17) is 5.73 Å². The van der Waals surface area contributed by atoms with Crippen molar-refractivity contribution in [2.24, 2.45) is 0 Å². The Bertz CT molecular complexity index is 569. The molecule has 2 rings (SSSR count). The second kappa shape index (κ2) is 6.70. The number of amides is 1. The number of aromatic nitrogens is 2. The molecule has 3 N–H and O–H groups in total. The summed E-state index contributed by atoms with van der Waals surface area (Å²) in [5, 5.41) is 2.77. The lowest BCUT2D eigenvalue weighted by Gasteiger charge is -2.07. The molecule has 0 aliphatic heterocycles. The summed E-state index contributed by atoms with van der Waals surface area (Å²) in [5.41, 5.74) is 6.07. The topological polar surface area (TPSA) is 72.9 Å². The molecule has 0 bridgehead atoms. The van der Waals surface area contributed by atoms with Crippen molar-refractivity contribution in [1.29, 1.82) is 0 Å². The van der Waals surface area contributed by atoms with Gasteiger partial charge in [-0.25, -0.2) is 9.37 Å². The summed E-state index contributed by atoms with van der Waals surface area (Å²) >= 11 is 0. The standard InChI is InChI=1S/C14H17FN4O/c15-11-3-4-12(13(16)9-11)14(20)18-5-1-2-7-19-8-6-17-10-19/h3-4,6,8-10H,1-2,5,7,16H2,(H,18,20). The van der Waals surface area contributed by atoms with Gasteiger partial charge in [-0.15, -0.1) is 0 Å². The van der Waals surface area contributed by atoms with Gasteiger partial charge in [-0.1, -0.05) is 0 Å². The molecule has 20 heavy (non-hydrogen) atoms. The van der Waals surface area contributed by atoms with Crippen molar-refractivity contribution in [1.82, 2.24) is 14.9 Å². The van der Waals surface area contributed by atoms with Gasteiger partial charge in [0.1, 0.15) is 5.82 Å². The van der Waals surface area contributed by atoms with Crippen LogP contribution >= 0.6 is 0 Å². The maximum atomic E-state index is 12.9. The molecule has 106 valence electrons. The fraction of sp³-hybridized carbons (Fsp3) is 0.286. The molecule has 0 aliphatic carbocycles. The van der Waals surface area contributed by atoms with Crippen molar-refractivity contribution >= 4 is 11.6 Å². The average Bonchev–Trinajstić information content (AvgIpc) is 2.91. The number of hydrogen-bond donors (Lipinski definition) is 2. The molecule has 0 atom stereocenters. The predicted octanol–water partition coefficient (Wildman–Crippen LogP) is 1.81. The Balaban J connectivity index is 1.72. The van der Waals surface area contributed by atoms with Gasteiger partial charge in [-0.05, 0) is 31.0 Å². The summed E-state index contributed by atoms with van der Waals surface area (Å²) in [7, 11) is 0. The number of benzene rings is 1. The normalized spacial score (nSPS) is 10.4. The number of rotatable bonds is 6. The van der Waals surface area contributed by atoms with Crippen LogP contribution in [0.5, 0.6) is 0 Å². The molecule has 0 unspecified atom stereocenters. The van der Waals surface area contributed by atoms with E-state index in [2.05, 4.69) is 10.3 Å². The number of nitrogens with one attached hydrogen (secondary N) is 1. The molecule has 0 fully saturated rings. The molecule has 6 heteroatoms. The first kappa shape index (κ1) is 14.0. The first-order valence-electron chi connectivity index (χ1n) is 6.46. The summed E-state index contributed by atoms with van der Waals surface area (Å²) in [6.07, 6.45) is 7.19. The molecular formula is C14H17FN4O. The highest BCUT2D eigenvalue weighted by atomic mass is 19.1. The van der Waals surface area contributed by atoms with Crippen LogP contribution in [0.15, 0.2) is 36.9 Å². The number of hydrogen-bond acceptors (Lipinski definition) is 3. The van der Waals surface area contributed by atoms with E-state index in [-0.39, 0.29) is 11.6 Å². The summed E-state index contributed by atoms with van der Waals surface area (Å²) in [6, 6.07) is 3.77. The maximum Gasteiger partial charge on any atom is 0.253 e. The molecule has 1 amide bonds. The fourth-order valence-corrected chi connectivity index (χ4v) is 1.88. The van der Waals surface area contributed by atoms with Gasteiger partial charge in [-0.2, -0.15) is 0 Å². The summed E-state index contributed by atoms with van der Waals surface area (Å²) < 4.78 is 14.9. The molecule has 0 spiro atoms. The van der Waals surface area contributed by atoms with E-state index < -0.39 is 5.82 Å². The van der Waals surface area contributed by atoms with Gasteiger partial charge in [0, 0.05) is 31.2 Å². The molecule has 0 saturated carbocycles. The lowest BCUT2D eigenvalue weighted by molar-refractivity contribution is 0.0953. The Hall–Kier alpha value is -2.37. The molecular weight excluding hydrogens is 259 g/mol. The third-order valence-electron chi connectivity index (χ3n) is 2.95. The minimum Gasteiger partial charge on any atom is -0.398 e. The van der Waals surface area contributed by atoms with Crippen LogP contribution in [0.4, 0.5) is 10.1 Å². The number of aryl methyl sites for hydroxylation is 1. The van der Waals surface area contributed by atoms with Crippen LogP contribution in [0, 0.1) is 5.82 Å². The number of nitrogens with zero attached hydrogens (tertiary/aromatic N) is 2. The van der Waals surface area contributed by atoms with Crippen molar-refractivity contribution in [3.8, 4) is 0 Å². The molecule has 5 nitrogen and oxygen atoms in total. The zero-order valence-corrected chi connectivity index (χ0v) is 11.1. The van der Waals surface area contributed by atoms with E-state index in [1.165, 1.54) is 12.1 Å². The van der Waals surface area contributed by atoms with Gasteiger partial charge in [0.2, 0.25) is 0 Å². The molecule has 0 aliphatic rings. The van der Waals surface area contributed by atoms with Crippen LogP contribution in [-0.2, 0) is 6.54 Å². The Kier molecular flexibility index (Phi) is 4.70. The lowest BCUT2D eigenvalue weighted by atomic mass is 10.1. The van der Waals surface area contributed by atoms with E-state index in [9.17, 15) is 9.18 Å². The Morgan fingerprint density at radius 2 is 2.25 bits per heavy atom. The number of halogens is 1. The number of anilines is 1. The van der Waals surface area contributed by atoms with E-state index in [0.29, 0.717) is 12.1 Å². The van der Waals surface area contributed by atoms with E-state index in [1.807, 2.05) is 10.8 Å². The van der Waals surface area contributed by atoms with Crippen molar-refractivity contribution < 1.29 is 9.18 Å². The second-order valence-corrected chi connectivity index (χ2v) is 4.50. The Morgan fingerprint density at radius 3 is 2.95 bits per heavy atom. The summed E-state index contributed by atoms with van der Waals surface area (Å²) in [4.78, 5) is 15.8. The van der Waals surface area contributed by atoms with Crippen molar-refractivity contribution in [3.05, 3.63) is 48.3 Å². The van der Waals surface area contributed by atoms with E-state index in [0.717, 1.165) is 25.5 Å². The molecule has 0 saturated heterocycles. The SMILES string of the molecule is Nc1cc(F)ccc1C(=O)NCCCCn1ccnc1. The molecule has 1 heterocycles. The molecule has 0 radical (unpaired) electrons. The van der Waals surface area contributed by atoms with Crippen LogP contribution in [0.3, 0.4) is 0 Å². The first-order chi connectivity index (χ1) is 9.66. The highest BCUT2D eigenvalue weighted by molar-refractivity contribution is 5.99. The third-order valence-corrected chi connectivity index (χ3v) is 2.95. The summed E-state index contributed by atoms with van der Waals surface area (Å²) in [5.74, 6) is -0.718. The molecule has 1 aromatic heterocycles. The van der Waals surface area contributed by atoms with Crippen LogP contribution in [0.1, 0.15) is 23.2 Å². The van der Waals surface area contributed by atoms with Crippen LogP contribution in [0.2, 0.25) is 0 Å². The van der Waals surface area contributed by atoms with Crippen molar-refractivity contribution in [2.75, 3.05) is 12.3 Å². The largest absolute Gasteiger partial charge is 0.398 e. The van der Waals surface area contributed by atoms with Gasteiger partial charge in [-0.3, -0.25) is 4.79 Å². The minimum absolute atomic E-state index is 0.154.